The quantitative estimate of drug-likeness (QED) is 0.806. The average molecular weight is 318 g/mol. The summed E-state index contributed by atoms with van der Waals surface area (Å²) in [5.41, 5.74) is 2.00. The van der Waals surface area contributed by atoms with Crippen LogP contribution in [0.25, 0.3) is 0 Å². The third-order valence-electron chi connectivity index (χ3n) is 4.57. The van der Waals surface area contributed by atoms with Crippen molar-refractivity contribution < 1.29 is 14.3 Å². The highest BCUT2D eigenvalue weighted by molar-refractivity contribution is 5.87. The van der Waals surface area contributed by atoms with Crippen molar-refractivity contribution in [2.45, 2.75) is 38.3 Å². The average Bonchev–Trinajstić information content (AvgIpc) is 2.76. The van der Waals surface area contributed by atoms with Gasteiger partial charge in [0, 0.05) is 26.4 Å². The number of methoxy groups -OCH3 is 1. The number of hydrogen-bond donors (Lipinski definition) is 0. The van der Waals surface area contributed by atoms with Gasteiger partial charge in [-0.15, -0.1) is 0 Å². The fourth-order valence-electron chi connectivity index (χ4n) is 3.17. The Morgan fingerprint density at radius 2 is 2.26 bits per heavy atom. The molecule has 23 heavy (non-hydrogen) atoms. The molecule has 124 valence electrons. The summed E-state index contributed by atoms with van der Waals surface area (Å²) >= 11 is 0. The number of carbonyl (C=O) groups is 2. The first-order chi connectivity index (χ1) is 11.2. The van der Waals surface area contributed by atoms with Crippen molar-refractivity contribution in [3.8, 4) is 0 Å². The summed E-state index contributed by atoms with van der Waals surface area (Å²) < 4.78 is 5.25. The van der Waals surface area contributed by atoms with Crippen molar-refractivity contribution in [3.63, 3.8) is 0 Å². The van der Waals surface area contributed by atoms with Gasteiger partial charge in [-0.05, 0) is 31.2 Å². The Labute approximate surface area is 135 Å². The lowest BCUT2D eigenvalue weighted by Gasteiger charge is -2.30. The van der Waals surface area contributed by atoms with E-state index in [1.54, 1.807) is 16.9 Å². The molecule has 1 fully saturated rings. The Morgan fingerprint density at radius 3 is 3.09 bits per heavy atom. The molecule has 0 radical (unpaired) electrons. The minimum atomic E-state index is -0.417. The monoisotopic (exact) mass is 318 g/mol. The van der Waals surface area contributed by atoms with Gasteiger partial charge in [0.1, 0.15) is 12.4 Å². The van der Waals surface area contributed by atoms with E-state index in [1.165, 1.54) is 6.33 Å². The Bertz CT molecular complexity index is 592. The number of ether oxygens (including phenoxy) is 1. The lowest BCUT2D eigenvalue weighted by atomic mass is 10.1. The molecule has 0 bridgehead atoms. The van der Waals surface area contributed by atoms with Gasteiger partial charge in [-0.3, -0.25) is 9.59 Å². The van der Waals surface area contributed by atoms with Gasteiger partial charge in [-0.25, -0.2) is 9.97 Å². The predicted octanol–water partition coefficient (Wildman–Crippen LogP) is 0.389. The molecule has 0 aliphatic carbocycles. The van der Waals surface area contributed by atoms with E-state index < -0.39 is 6.10 Å². The predicted molar refractivity (Wildman–Crippen MR) is 82.4 cm³/mol. The van der Waals surface area contributed by atoms with Gasteiger partial charge < -0.3 is 14.5 Å². The molecule has 0 N–H and O–H groups in total. The van der Waals surface area contributed by atoms with Crippen LogP contribution >= 0.6 is 0 Å². The lowest BCUT2D eigenvalue weighted by molar-refractivity contribution is -0.146. The standard InChI is InChI=1S/C16H22N4O3/c1-23-14-4-2-3-6-20(16(14)22)10-15(21)19-7-5-12-8-17-11-18-13(12)9-19/h8,11,14H,2-7,9-10H2,1H3. The van der Waals surface area contributed by atoms with Gasteiger partial charge >= 0.3 is 0 Å². The summed E-state index contributed by atoms with van der Waals surface area (Å²) in [6.07, 6.45) is 6.25. The van der Waals surface area contributed by atoms with E-state index in [2.05, 4.69) is 9.97 Å². The van der Waals surface area contributed by atoms with Crippen molar-refractivity contribution in [2.24, 2.45) is 0 Å². The molecule has 1 aromatic rings. The van der Waals surface area contributed by atoms with E-state index in [-0.39, 0.29) is 18.4 Å². The first-order valence-corrected chi connectivity index (χ1v) is 8.06. The Hall–Kier alpha value is -2.02. The number of carbonyl (C=O) groups excluding carboxylic acids is 2. The summed E-state index contributed by atoms with van der Waals surface area (Å²) in [6.45, 7) is 1.89. The summed E-state index contributed by atoms with van der Waals surface area (Å²) in [4.78, 5) is 36.7. The van der Waals surface area contributed by atoms with E-state index in [0.717, 1.165) is 36.9 Å². The van der Waals surface area contributed by atoms with Crippen LogP contribution < -0.4 is 0 Å². The molecule has 2 aliphatic heterocycles. The number of nitrogens with zero attached hydrogens (tertiary/aromatic N) is 4. The first-order valence-electron chi connectivity index (χ1n) is 8.06. The number of likely N-dealkylation sites (tertiary alicyclic amines) is 1. The van der Waals surface area contributed by atoms with Crippen LogP contribution in [-0.4, -0.2) is 64.4 Å². The number of hydrogen-bond acceptors (Lipinski definition) is 5. The summed E-state index contributed by atoms with van der Waals surface area (Å²) in [5.74, 6) is -0.0996. The number of fused-ring (bicyclic) bond motifs is 1. The van der Waals surface area contributed by atoms with E-state index in [4.69, 9.17) is 4.74 Å². The van der Waals surface area contributed by atoms with Gasteiger partial charge in [0.25, 0.3) is 5.91 Å². The fourth-order valence-corrected chi connectivity index (χ4v) is 3.17. The van der Waals surface area contributed by atoms with Crippen LogP contribution in [0.2, 0.25) is 0 Å². The van der Waals surface area contributed by atoms with Gasteiger partial charge in [0.15, 0.2) is 0 Å². The van der Waals surface area contributed by atoms with E-state index in [0.29, 0.717) is 19.6 Å². The maximum Gasteiger partial charge on any atom is 0.252 e. The molecule has 1 aromatic heterocycles. The van der Waals surface area contributed by atoms with E-state index in [1.807, 2.05) is 6.20 Å². The molecule has 1 atom stereocenters. The molecule has 3 rings (SSSR count). The number of rotatable bonds is 3. The van der Waals surface area contributed by atoms with Crippen LogP contribution in [0.4, 0.5) is 0 Å². The second kappa shape index (κ2) is 7.04. The molecule has 3 heterocycles. The zero-order chi connectivity index (χ0) is 16.2. The largest absolute Gasteiger partial charge is 0.372 e. The van der Waals surface area contributed by atoms with Crippen LogP contribution in [0.1, 0.15) is 30.5 Å². The van der Waals surface area contributed by atoms with Gasteiger partial charge in [-0.2, -0.15) is 0 Å². The molecule has 0 spiro atoms. The number of aromatic nitrogens is 2. The maximum atomic E-state index is 12.6. The third kappa shape index (κ3) is 3.50. The molecule has 1 unspecified atom stereocenters. The lowest BCUT2D eigenvalue weighted by Crippen LogP contribution is -2.47. The van der Waals surface area contributed by atoms with Crippen LogP contribution in [0.3, 0.4) is 0 Å². The molecule has 2 aliphatic rings. The minimum absolute atomic E-state index is 0.0284. The van der Waals surface area contributed by atoms with Crippen molar-refractivity contribution in [1.82, 2.24) is 19.8 Å². The minimum Gasteiger partial charge on any atom is -0.372 e. The normalized spacial score (nSPS) is 21.8. The van der Waals surface area contributed by atoms with Crippen LogP contribution in [0.5, 0.6) is 0 Å². The zero-order valence-electron chi connectivity index (χ0n) is 13.4. The Kier molecular flexibility index (Phi) is 4.85. The molecular formula is C16H22N4O3. The highest BCUT2D eigenvalue weighted by Crippen LogP contribution is 2.18. The van der Waals surface area contributed by atoms with Gasteiger partial charge in [0.2, 0.25) is 5.91 Å². The highest BCUT2D eigenvalue weighted by Gasteiger charge is 2.30. The van der Waals surface area contributed by atoms with Crippen molar-refractivity contribution >= 4 is 11.8 Å². The first kappa shape index (κ1) is 15.9. The third-order valence-corrected chi connectivity index (χ3v) is 4.57. The Morgan fingerprint density at radius 1 is 1.39 bits per heavy atom. The highest BCUT2D eigenvalue weighted by atomic mass is 16.5. The molecule has 0 saturated carbocycles. The topological polar surface area (TPSA) is 75.6 Å². The van der Waals surface area contributed by atoms with Crippen LogP contribution in [0, 0.1) is 0 Å². The van der Waals surface area contributed by atoms with Crippen molar-refractivity contribution in [1.29, 1.82) is 0 Å². The van der Waals surface area contributed by atoms with E-state index in [9.17, 15) is 9.59 Å². The van der Waals surface area contributed by atoms with Gasteiger partial charge in [-0.1, -0.05) is 0 Å². The second-order valence-electron chi connectivity index (χ2n) is 6.04. The smallest absolute Gasteiger partial charge is 0.252 e. The van der Waals surface area contributed by atoms with Crippen LogP contribution in [0.15, 0.2) is 12.5 Å². The molecule has 0 aromatic carbocycles. The fraction of sp³-hybridized carbons (Fsp3) is 0.625. The SMILES string of the molecule is COC1CCCCN(CC(=O)N2CCc3cncnc3C2)C1=O. The molecule has 2 amide bonds. The van der Waals surface area contributed by atoms with Crippen molar-refractivity contribution in [3.05, 3.63) is 23.8 Å². The zero-order valence-corrected chi connectivity index (χ0v) is 13.4. The van der Waals surface area contributed by atoms with E-state index >= 15 is 0 Å². The molecular weight excluding hydrogens is 296 g/mol. The van der Waals surface area contributed by atoms with Crippen LogP contribution in [-0.2, 0) is 27.3 Å². The summed E-state index contributed by atoms with van der Waals surface area (Å²) in [5, 5.41) is 0. The maximum absolute atomic E-state index is 12.6. The summed E-state index contributed by atoms with van der Waals surface area (Å²) in [6, 6.07) is 0. The van der Waals surface area contributed by atoms with Crippen molar-refractivity contribution in [2.75, 3.05) is 26.7 Å². The second-order valence-corrected chi connectivity index (χ2v) is 6.04. The molecule has 7 heteroatoms. The molecule has 7 nitrogen and oxygen atoms in total. The summed E-state index contributed by atoms with van der Waals surface area (Å²) in [7, 11) is 1.55. The Balaban J connectivity index is 1.64. The molecule has 1 saturated heterocycles. The van der Waals surface area contributed by atoms with Gasteiger partial charge in [0.05, 0.1) is 18.8 Å². The number of amides is 2.